The summed E-state index contributed by atoms with van der Waals surface area (Å²) in [5.41, 5.74) is 3.34. The zero-order chi connectivity index (χ0) is 22.4. The Kier molecular flexibility index (Phi) is 5.87. The lowest BCUT2D eigenvalue weighted by Gasteiger charge is -2.31. The average Bonchev–Trinajstić information content (AvgIpc) is 3.44. The van der Waals surface area contributed by atoms with Gasteiger partial charge >= 0.3 is 5.97 Å². The van der Waals surface area contributed by atoms with E-state index in [-0.39, 0.29) is 30.0 Å². The van der Waals surface area contributed by atoms with Crippen LogP contribution in [0.5, 0.6) is 0 Å². The number of benzene rings is 1. The van der Waals surface area contributed by atoms with E-state index in [1.54, 1.807) is 0 Å². The number of amides is 1. The number of hydrogen-bond acceptors (Lipinski definition) is 5. The Balaban J connectivity index is 2.16. The molecule has 6 nitrogen and oxygen atoms in total. The van der Waals surface area contributed by atoms with Crippen molar-refractivity contribution in [3.8, 4) is 0 Å². The Labute approximate surface area is 179 Å². The second-order valence-corrected chi connectivity index (χ2v) is 9.83. The van der Waals surface area contributed by atoms with Gasteiger partial charge in [0.1, 0.15) is 11.3 Å². The molecular formula is C24H33NO5. The topological polar surface area (TPSA) is 65.1 Å². The van der Waals surface area contributed by atoms with E-state index < -0.39 is 5.54 Å². The van der Waals surface area contributed by atoms with Gasteiger partial charge in [-0.15, -0.1) is 0 Å². The Morgan fingerprint density at radius 3 is 2.20 bits per heavy atom. The average molecular weight is 416 g/mol. The van der Waals surface area contributed by atoms with Crippen molar-refractivity contribution in [1.82, 2.24) is 5.06 Å². The lowest BCUT2D eigenvalue weighted by molar-refractivity contribution is -0.239. The van der Waals surface area contributed by atoms with Crippen LogP contribution in [0, 0.1) is 19.8 Å². The summed E-state index contributed by atoms with van der Waals surface area (Å²) in [5.74, 6) is -0.344. The van der Waals surface area contributed by atoms with E-state index >= 15 is 0 Å². The second kappa shape index (κ2) is 7.82. The van der Waals surface area contributed by atoms with Crippen LogP contribution in [0.3, 0.4) is 0 Å². The van der Waals surface area contributed by atoms with Gasteiger partial charge in [-0.3, -0.25) is 9.59 Å². The maximum absolute atomic E-state index is 13.5. The lowest BCUT2D eigenvalue weighted by atomic mass is 9.82. The zero-order valence-electron chi connectivity index (χ0n) is 19.3. The number of rotatable bonds is 6. The maximum Gasteiger partial charge on any atom is 0.314 e. The van der Waals surface area contributed by atoms with Crippen molar-refractivity contribution < 1.29 is 23.9 Å². The molecule has 0 saturated heterocycles. The molecule has 2 aliphatic rings. The molecule has 164 valence electrons. The zero-order valence-corrected chi connectivity index (χ0v) is 19.3. The van der Waals surface area contributed by atoms with Gasteiger partial charge in [-0.05, 0) is 68.2 Å². The van der Waals surface area contributed by atoms with Gasteiger partial charge in [0.15, 0.2) is 6.79 Å². The van der Waals surface area contributed by atoms with Crippen LogP contribution in [0.4, 0.5) is 0 Å². The van der Waals surface area contributed by atoms with Gasteiger partial charge in [0, 0.05) is 7.11 Å². The molecule has 6 heteroatoms. The fourth-order valence-corrected chi connectivity index (χ4v) is 3.87. The number of aryl methyl sites for hydroxylation is 2. The minimum absolute atomic E-state index is 0.0176. The minimum atomic E-state index is -0.947. The molecule has 0 aromatic heterocycles. The first-order valence-electron chi connectivity index (χ1n) is 10.4. The number of ether oxygens (including phenoxy) is 2. The van der Waals surface area contributed by atoms with Crippen LogP contribution < -0.4 is 0 Å². The van der Waals surface area contributed by atoms with Crippen molar-refractivity contribution in [3.05, 3.63) is 40.1 Å². The van der Waals surface area contributed by atoms with E-state index in [1.807, 2.05) is 27.7 Å². The third-order valence-electron chi connectivity index (χ3n) is 5.75. The van der Waals surface area contributed by atoms with Crippen molar-refractivity contribution in [3.63, 3.8) is 0 Å². The summed E-state index contributed by atoms with van der Waals surface area (Å²) < 4.78 is 10.9. The number of methoxy groups -OCH3 is 1. The fraction of sp³-hybridized carbons (Fsp3) is 0.583. The van der Waals surface area contributed by atoms with Crippen LogP contribution in [-0.4, -0.2) is 36.4 Å². The van der Waals surface area contributed by atoms with E-state index in [1.165, 1.54) is 17.7 Å². The summed E-state index contributed by atoms with van der Waals surface area (Å²) in [7, 11) is 1.50. The van der Waals surface area contributed by atoms with Crippen LogP contribution in [0.2, 0.25) is 0 Å². The van der Waals surface area contributed by atoms with Gasteiger partial charge in [0.2, 0.25) is 0 Å². The third-order valence-corrected chi connectivity index (χ3v) is 5.75. The Hall–Kier alpha value is -2.18. The van der Waals surface area contributed by atoms with Gasteiger partial charge in [-0.1, -0.05) is 32.9 Å². The van der Waals surface area contributed by atoms with Gasteiger partial charge < -0.3 is 9.47 Å². The lowest BCUT2D eigenvalue weighted by Crippen LogP contribution is -2.44. The van der Waals surface area contributed by atoms with Crippen molar-refractivity contribution >= 4 is 17.4 Å². The van der Waals surface area contributed by atoms with Crippen LogP contribution >= 0.6 is 0 Å². The fourth-order valence-electron chi connectivity index (χ4n) is 3.87. The molecule has 1 amide bonds. The van der Waals surface area contributed by atoms with E-state index in [0.717, 1.165) is 29.5 Å². The van der Waals surface area contributed by atoms with Crippen LogP contribution in [0.15, 0.2) is 17.9 Å². The Morgan fingerprint density at radius 2 is 1.73 bits per heavy atom. The van der Waals surface area contributed by atoms with E-state index in [4.69, 9.17) is 14.3 Å². The van der Waals surface area contributed by atoms with Crippen molar-refractivity contribution in [2.24, 2.45) is 5.92 Å². The van der Waals surface area contributed by atoms with Crippen LogP contribution in [0.25, 0.3) is 5.57 Å². The van der Waals surface area contributed by atoms with Crippen LogP contribution in [-0.2, 0) is 29.3 Å². The summed E-state index contributed by atoms with van der Waals surface area (Å²) in [6.07, 6.45) is 1.66. The molecule has 1 fully saturated rings. The minimum Gasteiger partial charge on any atom is -0.427 e. The molecule has 30 heavy (non-hydrogen) atoms. The molecule has 1 saturated carbocycles. The summed E-state index contributed by atoms with van der Waals surface area (Å²) in [4.78, 5) is 31.6. The molecule has 3 rings (SSSR count). The number of carbonyl (C=O) groups is 2. The molecular weight excluding hydrogens is 382 g/mol. The maximum atomic E-state index is 13.5. The molecule has 0 spiro atoms. The van der Waals surface area contributed by atoms with Gasteiger partial charge in [0.05, 0.1) is 11.5 Å². The predicted octanol–water partition coefficient (Wildman–Crippen LogP) is 4.42. The molecule has 0 atom stereocenters. The molecule has 1 aliphatic heterocycles. The smallest absolute Gasteiger partial charge is 0.314 e. The van der Waals surface area contributed by atoms with Gasteiger partial charge in [0.25, 0.3) is 5.91 Å². The molecule has 0 radical (unpaired) electrons. The first-order valence-corrected chi connectivity index (χ1v) is 10.4. The number of hydroxylamine groups is 2. The monoisotopic (exact) mass is 415 g/mol. The highest BCUT2D eigenvalue weighted by Gasteiger charge is 2.51. The second-order valence-electron chi connectivity index (χ2n) is 9.83. The predicted molar refractivity (Wildman–Crippen MR) is 114 cm³/mol. The Morgan fingerprint density at radius 1 is 1.17 bits per heavy atom. The third kappa shape index (κ3) is 4.03. The van der Waals surface area contributed by atoms with Crippen LogP contribution in [0.1, 0.15) is 69.7 Å². The summed E-state index contributed by atoms with van der Waals surface area (Å²) in [5, 5.41) is 1.26. The molecule has 1 heterocycles. The first kappa shape index (κ1) is 22.5. The van der Waals surface area contributed by atoms with Gasteiger partial charge in [-0.2, -0.15) is 0 Å². The molecule has 0 unspecified atom stereocenters. The van der Waals surface area contributed by atoms with Gasteiger partial charge in [-0.25, -0.2) is 9.90 Å². The van der Waals surface area contributed by atoms with Crippen molar-refractivity contribution in [1.29, 1.82) is 0 Å². The number of hydrogen-bond donors (Lipinski definition) is 0. The highest BCUT2D eigenvalue weighted by molar-refractivity contribution is 6.23. The summed E-state index contributed by atoms with van der Waals surface area (Å²) >= 11 is 0. The summed E-state index contributed by atoms with van der Waals surface area (Å²) in [6, 6.07) is 4.21. The number of nitrogens with zero attached hydrogens (tertiary/aromatic N) is 1. The molecule has 1 aromatic carbocycles. The number of carbonyl (C=O) groups excluding carboxylic acids is 2. The molecule has 1 aliphatic carbocycles. The highest BCUT2D eigenvalue weighted by atomic mass is 16.8. The summed E-state index contributed by atoms with van der Waals surface area (Å²) in [6.45, 7) is 14.0. The molecule has 1 aromatic rings. The molecule has 0 bridgehead atoms. The molecule has 0 N–H and O–H groups in total. The SMILES string of the molecule is COCON1C(=O)C(c2c(C)cc(C(C)(C)C)cc2C)=C(OC(=O)C2CC2)C1(C)C. The quantitative estimate of drug-likeness (QED) is 0.508. The first-order chi connectivity index (χ1) is 13.9. The van der Waals surface area contributed by atoms with Crippen molar-refractivity contribution in [2.45, 2.75) is 72.3 Å². The number of esters is 1. The van der Waals surface area contributed by atoms with E-state index in [0.29, 0.717) is 11.3 Å². The Bertz CT molecular complexity index is 880. The van der Waals surface area contributed by atoms with Crippen molar-refractivity contribution in [2.75, 3.05) is 13.9 Å². The van der Waals surface area contributed by atoms with E-state index in [9.17, 15) is 9.59 Å². The standard InChI is InChI=1S/C24H33NO5/c1-14-11-17(23(3,4)5)12-15(2)18(14)19-20(30-22(27)16-9-10-16)24(6,7)25(21(19)26)29-13-28-8/h11-12,16H,9-10,13H2,1-8H3. The largest absolute Gasteiger partial charge is 0.427 e. The van der Waals surface area contributed by atoms with E-state index in [2.05, 4.69) is 32.9 Å². The normalized spacial score (nSPS) is 18.9. The highest BCUT2D eigenvalue weighted by Crippen LogP contribution is 2.44.